The minimum Gasteiger partial charge on any atom is -0.206 e. The molecule has 0 amide bonds. The van der Waals surface area contributed by atoms with Crippen molar-refractivity contribution in [1.29, 1.82) is 0 Å². The molecular weight excluding hydrogens is 127 g/mol. The first-order valence-electron chi connectivity index (χ1n) is 2.12. The maximum absolute atomic E-state index is 12.0. The van der Waals surface area contributed by atoms with Gasteiger partial charge in [0.15, 0.2) is 0 Å². The Kier molecular flexibility index (Phi) is 1.49. The van der Waals surface area contributed by atoms with Crippen LogP contribution in [0.25, 0.3) is 0 Å². The van der Waals surface area contributed by atoms with Crippen LogP contribution in [-0.2, 0) is 0 Å². The van der Waals surface area contributed by atoms with Gasteiger partial charge in [-0.3, -0.25) is 0 Å². The normalized spacial score (nSPS) is 9.25. The predicted molar refractivity (Wildman–Crippen MR) is 30.2 cm³/mol. The van der Waals surface area contributed by atoms with Gasteiger partial charge in [-0.05, 0) is 12.1 Å². The Morgan fingerprint density at radius 3 is 2.62 bits per heavy atom. The monoisotopic (exact) mass is 129 g/mol. The average Bonchev–Trinajstić information content (AvgIpc) is 1.64. The van der Waals surface area contributed by atoms with E-state index in [-0.39, 0.29) is 0 Å². The first kappa shape index (κ1) is 5.57. The zero-order valence-corrected chi connectivity index (χ0v) is 4.74. The summed E-state index contributed by atoms with van der Waals surface area (Å²) in [5.41, 5.74) is 0. The highest BCUT2D eigenvalue weighted by molar-refractivity contribution is 6.30. The van der Waals surface area contributed by atoms with Crippen LogP contribution >= 0.6 is 11.6 Å². The molecule has 0 heterocycles. The molecule has 0 saturated heterocycles. The van der Waals surface area contributed by atoms with Crippen molar-refractivity contribution in [2.75, 3.05) is 0 Å². The van der Waals surface area contributed by atoms with E-state index in [0.29, 0.717) is 5.02 Å². The van der Waals surface area contributed by atoms with E-state index in [4.69, 9.17) is 11.6 Å². The summed E-state index contributed by atoms with van der Waals surface area (Å²) in [5, 5.41) is 0.310. The molecule has 1 rings (SSSR count). The van der Waals surface area contributed by atoms with Crippen molar-refractivity contribution >= 4 is 11.6 Å². The van der Waals surface area contributed by atoms with Crippen LogP contribution in [0.15, 0.2) is 18.2 Å². The van der Waals surface area contributed by atoms with Crippen LogP contribution < -0.4 is 0 Å². The summed E-state index contributed by atoms with van der Waals surface area (Å²) < 4.78 is 12.0. The average molecular weight is 130 g/mol. The summed E-state index contributed by atoms with van der Waals surface area (Å²) in [6, 6.07) is 6.68. The third kappa shape index (κ3) is 1.20. The number of hydrogen-bond donors (Lipinski definition) is 0. The predicted octanol–water partition coefficient (Wildman–Crippen LogP) is 2.28. The highest BCUT2D eigenvalue weighted by Crippen LogP contribution is 2.06. The van der Waals surface area contributed by atoms with E-state index < -0.39 is 5.82 Å². The first-order chi connectivity index (χ1) is 3.79. The second-order valence-corrected chi connectivity index (χ2v) is 1.75. The van der Waals surface area contributed by atoms with Gasteiger partial charge in [0.2, 0.25) is 0 Å². The lowest BCUT2D eigenvalue weighted by Crippen LogP contribution is -1.69. The third-order valence-electron chi connectivity index (χ3n) is 0.724. The molecule has 1 radical (unpaired) electrons. The minimum atomic E-state index is -0.419. The van der Waals surface area contributed by atoms with Crippen molar-refractivity contribution in [3.63, 3.8) is 0 Å². The highest BCUT2D eigenvalue weighted by atomic mass is 35.5. The lowest BCUT2D eigenvalue weighted by atomic mass is 10.4. The fraction of sp³-hybridized carbons (Fsp3) is 0. The van der Waals surface area contributed by atoms with Crippen molar-refractivity contribution in [3.05, 3.63) is 35.1 Å². The van der Waals surface area contributed by atoms with Gasteiger partial charge in [0.1, 0.15) is 5.82 Å². The quantitative estimate of drug-likeness (QED) is 0.504. The van der Waals surface area contributed by atoms with Crippen molar-refractivity contribution < 1.29 is 4.39 Å². The second kappa shape index (κ2) is 2.14. The molecule has 0 aromatic heterocycles. The fourth-order valence-electron chi connectivity index (χ4n) is 0.414. The Hall–Kier alpha value is -0.560. The highest BCUT2D eigenvalue weighted by Gasteiger charge is 1.87. The van der Waals surface area contributed by atoms with Gasteiger partial charge < -0.3 is 0 Å². The van der Waals surface area contributed by atoms with Gasteiger partial charge in [-0.2, -0.15) is 0 Å². The Bertz CT molecular complexity index is 168. The van der Waals surface area contributed by atoms with E-state index in [0.717, 1.165) is 0 Å². The number of hydrogen-bond acceptors (Lipinski definition) is 0. The maximum Gasteiger partial charge on any atom is 0.132 e. The van der Waals surface area contributed by atoms with E-state index in [1.54, 1.807) is 6.07 Å². The molecule has 0 aliphatic heterocycles. The smallest absolute Gasteiger partial charge is 0.132 e. The molecule has 0 fully saturated rings. The number of halogens is 2. The first-order valence-corrected chi connectivity index (χ1v) is 2.50. The van der Waals surface area contributed by atoms with Crippen molar-refractivity contribution in [3.8, 4) is 0 Å². The van der Waals surface area contributed by atoms with Crippen LogP contribution in [0.3, 0.4) is 0 Å². The molecule has 0 unspecified atom stereocenters. The Morgan fingerprint density at radius 1 is 1.50 bits per heavy atom. The molecule has 0 bridgehead atoms. The van der Waals surface area contributed by atoms with Crippen LogP contribution in [0.5, 0.6) is 0 Å². The molecule has 0 N–H and O–H groups in total. The van der Waals surface area contributed by atoms with Crippen molar-refractivity contribution in [2.24, 2.45) is 0 Å². The molecule has 1 aromatic carbocycles. The molecule has 0 aliphatic rings. The van der Waals surface area contributed by atoms with Crippen LogP contribution in [0.4, 0.5) is 4.39 Å². The molecule has 0 aliphatic carbocycles. The summed E-state index contributed by atoms with van der Waals surface area (Å²) in [5.74, 6) is -0.419. The topological polar surface area (TPSA) is 0 Å². The third-order valence-corrected chi connectivity index (χ3v) is 0.944. The molecule has 8 heavy (non-hydrogen) atoms. The summed E-state index contributed by atoms with van der Waals surface area (Å²) in [7, 11) is 0. The minimum absolute atomic E-state index is 0.310. The summed E-state index contributed by atoms with van der Waals surface area (Å²) in [6.07, 6.45) is 0. The molecule has 0 atom stereocenters. The summed E-state index contributed by atoms with van der Waals surface area (Å²) >= 11 is 5.35. The lowest BCUT2D eigenvalue weighted by Gasteiger charge is -1.84. The van der Waals surface area contributed by atoms with Gasteiger partial charge in [0.25, 0.3) is 0 Å². The van der Waals surface area contributed by atoms with E-state index in [9.17, 15) is 4.39 Å². The molecule has 2 heteroatoms. The largest absolute Gasteiger partial charge is 0.206 e. The van der Waals surface area contributed by atoms with Crippen LogP contribution in [0.1, 0.15) is 0 Å². The van der Waals surface area contributed by atoms with Gasteiger partial charge in [0.05, 0.1) is 5.02 Å². The molecule has 41 valence electrons. The maximum atomic E-state index is 12.0. The zero-order valence-electron chi connectivity index (χ0n) is 3.99. The van der Waals surface area contributed by atoms with Crippen LogP contribution in [-0.4, -0.2) is 0 Å². The van der Waals surface area contributed by atoms with Crippen molar-refractivity contribution in [1.82, 2.24) is 0 Å². The SMILES string of the molecule is Fc1[c]c(Cl)ccc1. The van der Waals surface area contributed by atoms with Crippen LogP contribution in [0.2, 0.25) is 5.02 Å². The Morgan fingerprint density at radius 2 is 2.25 bits per heavy atom. The van der Waals surface area contributed by atoms with Crippen LogP contribution in [0, 0.1) is 11.9 Å². The van der Waals surface area contributed by atoms with Gasteiger partial charge in [-0.1, -0.05) is 17.7 Å². The van der Waals surface area contributed by atoms with Gasteiger partial charge >= 0.3 is 0 Å². The molecule has 1 aromatic rings. The Balaban J connectivity index is 3.08. The van der Waals surface area contributed by atoms with E-state index in [2.05, 4.69) is 6.07 Å². The Labute approximate surface area is 51.9 Å². The van der Waals surface area contributed by atoms with E-state index in [1.165, 1.54) is 12.1 Å². The van der Waals surface area contributed by atoms with E-state index in [1.807, 2.05) is 0 Å². The number of rotatable bonds is 0. The molecular formula is C6H3ClF. The summed E-state index contributed by atoms with van der Waals surface area (Å²) in [4.78, 5) is 0. The van der Waals surface area contributed by atoms with E-state index >= 15 is 0 Å². The molecule has 0 spiro atoms. The number of benzene rings is 1. The summed E-state index contributed by atoms with van der Waals surface area (Å²) in [6.45, 7) is 0. The van der Waals surface area contributed by atoms with Gasteiger partial charge in [0, 0.05) is 6.07 Å². The second-order valence-electron chi connectivity index (χ2n) is 1.35. The van der Waals surface area contributed by atoms with Gasteiger partial charge in [-0.25, -0.2) is 4.39 Å². The zero-order chi connectivity index (χ0) is 5.98. The van der Waals surface area contributed by atoms with Crippen molar-refractivity contribution in [2.45, 2.75) is 0 Å². The van der Waals surface area contributed by atoms with Gasteiger partial charge in [-0.15, -0.1) is 0 Å². The molecule has 0 nitrogen and oxygen atoms in total. The fourth-order valence-corrected chi connectivity index (χ4v) is 0.577. The lowest BCUT2D eigenvalue weighted by molar-refractivity contribution is 0.625. The standard InChI is InChI=1S/C6H3ClF/c7-5-2-1-3-6(8)4-5/h1-3H. The molecule has 0 saturated carbocycles.